The molecule has 1 nitrogen and oxygen atoms in total. The van der Waals surface area contributed by atoms with E-state index in [-0.39, 0.29) is 0 Å². The third kappa shape index (κ3) is 1.30. The topological polar surface area (TPSA) is 12.0 Å². The van der Waals surface area contributed by atoms with Crippen LogP contribution in [0, 0.1) is 6.92 Å². The van der Waals surface area contributed by atoms with Crippen LogP contribution in [0.5, 0.6) is 0 Å². The molecule has 3 rings (SSSR count). The van der Waals surface area contributed by atoms with Crippen molar-refractivity contribution in [2.24, 2.45) is 0 Å². The molecule has 1 aliphatic carbocycles. The largest absolute Gasteiger partial charge is 0.381 e. The molecule has 0 amide bonds. The van der Waals surface area contributed by atoms with Gasteiger partial charge < -0.3 is 5.32 Å². The normalized spacial score (nSPS) is 26.5. The fourth-order valence-electron chi connectivity index (χ4n) is 3.69. The second kappa shape index (κ2) is 3.51. The summed E-state index contributed by atoms with van der Waals surface area (Å²) in [5, 5.41) is 3.69. The highest BCUT2D eigenvalue weighted by atomic mass is 15.0. The summed E-state index contributed by atoms with van der Waals surface area (Å²) >= 11 is 0. The predicted octanol–water partition coefficient (Wildman–Crippen LogP) is 4.01. The summed E-state index contributed by atoms with van der Waals surface area (Å²) in [6.45, 7) is 4.57. The number of nitrogens with one attached hydrogen (secondary N) is 1. The van der Waals surface area contributed by atoms with Gasteiger partial charge in [-0.25, -0.2) is 0 Å². The predicted molar refractivity (Wildman–Crippen MR) is 69.0 cm³/mol. The third-order valence-corrected chi connectivity index (χ3v) is 4.66. The molecule has 1 saturated carbocycles. The van der Waals surface area contributed by atoms with E-state index >= 15 is 0 Å². The van der Waals surface area contributed by atoms with Crippen molar-refractivity contribution in [3.05, 3.63) is 29.3 Å². The number of hydrogen-bond donors (Lipinski definition) is 1. The monoisotopic (exact) mass is 215 g/mol. The summed E-state index contributed by atoms with van der Waals surface area (Å²) in [6.07, 6.45) is 6.98. The SMILES string of the molecule is Cc1ccc2c(c1)C1(CCCCC1)C(C)N2. The lowest BCUT2D eigenvalue weighted by Gasteiger charge is -2.37. The van der Waals surface area contributed by atoms with Crippen LogP contribution in [-0.4, -0.2) is 6.04 Å². The Hall–Kier alpha value is -0.980. The van der Waals surface area contributed by atoms with E-state index in [2.05, 4.69) is 37.4 Å². The van der Waals surface area contributed by atoms with Crippen molar-refractivity contribution in [1.82, 2.24) is 0 Å². The molecule has 0 bridgehead atoms. The van der Waals surface area contributed by atoms with Crippen LogP contribution in [0.25, 0.3) is 0 Å². The van der Waals surface area contributed by atoms with Gasteiger partial charge in [-0.05, 0) is 38.3 Å². The Bertz CT molecular complexity index is 402. The molecule has 1 atom stereocenters. The number of anilines is 1. The highest BCUT2D eigenvalue weighted by Gasteiger charge is 2.44. The first-order chi connectivity index (χ1) is 7.72. The minimum absolute atomic E-state index is 0.444. The van der Waals surface area contributed by atoms with Crippen molar-refractivity contribution in [2.45, 2.75) is 57.4 Å². The molecule has 1 aliphatic heterocycles. The lowest BCUT2D eigenvalue weighted by Crippen LogP contribution is -2.38. The Labute approximate surface area is 98.3 Å². The summed E-state index contributed by atoms with van der Waals surface area (Å²) in [7, 11) is 0. The molecule has 16 heavy (non-hydrogen) atoms. The second-order valence-electron chi connectivity index (χ2n) is 5.63. The number of hydrogen-bond acceptors (Lipinski definition) is 1. The van der Waals surface area contributed by atoms with Crippen molar-refractivity contribution in [2.75, 3.05) is 5.32 Å². The summed E-state index contributed by atoms with van der Waals surface area (Å²) in [5.41, 5.74) is 4.83. The zero-order valence-electron chi connectivity index (χ0n) is 10.3. The molecular weight excluding hydrogens is 194 g/mol. The molecule has 0 aromatic heterocycles. The molecule has 1 fully saturated rings. The molecule has 0 radical (unpaired) electrons. The van der Waals surface area contributed by atoms with E-state index in [9.17, 15) is 0 Å². The van der Waals surface area contributed by atoms with E-state index in [1.165, 1.54) is 43.4 Å². The van der Waals surface area contributed by atoms with Gasteiger partial charge >= 0.3 is 0 Å². The number of rotatable bonds is 0. The smallest absolute Gasteiger partial charge is 0.0381 e. The first-order valence-electron chi connectivity index (χ1n) is 6.60. The van der Waals surface area contributed by atoms with E-state index in [0.717, 1.165) is 0 Å². The minimum Gasteiger partial charge on any atom is -0.381 e. The first kappa shape index (κ1) is 10.2. The third-order valence-electron chi connectivity index (χ3n) is 4.66. The highest BCUT2D eigenvalue weighted by molar-refractivity contribution is 5.63. The van der Waals surface area contributed by atoms with Gasteiger partial charge in [0, 0.05) is 17.1 Å². The molecule has 1 N–H and O–H groups in total. The van der Waals surface area contributed by atoms with Crippen LogP contribution in [0.15, 0.2) is 18.2 Å². The molecule has 0 saturated heterocycles. The fraction of sp³-hybridized carbons (Fsp3) is 0.600. The first-order valence-corrected chi connectivity index (χ1v) is 6.60. The van der Waals surface area contributed by atoms with Gasteiger partial charge in [-0.3, -0.25) is 0 Å². The fourth-order valence-corrected chi connectivity index (χ4v) is 3.69. The Kier molecular flexibility index (Phi) is 2.24. The molecule has 1 spiro atoms. The average Bonchev–Trinajstić information content (AvgIpc) is 2.55. The standard InChI is InChI=1S/C15H21N/c1-11-6-7-14-13(10-11)15(12(2)16-14)8-4-3-5-9-15/h6-7,10,12,16H,3-5,8-9H2,1-2H3. The maximum Gasteiger partial charge on any atom is 0.0381 e. The lowest BCUT2D eigenvalue weighted by molar-refractivity contribution is 0.277. The Balaban J connectivity index is 2.09. The molecule has 1 aromatic carbocycles. The Morgan fingerprint density at radius 2 is 1.94 bits per heavy atom. The maximum absolute atomic E-state index is 3.69. The molecule has 1 aromatic rings. The molecule has 86 valence electrons. The lowest BCUT2D eigenvalue weighted by atomic mass is 9.67. The zero-order valence-corrected chi connectivity index (χ0v) is 10.3. The van der Waals surface area contributed by atoms with Crippen molar-refractivity contribution in [3.63, 3.8) is 0 Å². The van der Waals surface area contributed by atoms with Crippen LogP contribution < -0.4 is 5.32 Å². The summed E-state index contributed by atoms with van der Waals surface area (Å²) < 4.78 is 0. The molecule has 1 heterocycles. The van der Waals surface area contributed by atoms with Crippen LogP contribution in [0.1, 0.15) is 50.2 Å². The number of benzene rings is 1. The average molecular weight is 215 g/mol. The number of aryl methyl sites for hydroxylation is 1. The Morgan fingerprint density at radius 3 is 2.69 bits per heavy atom. The van der Waals surface area contributed by atoms with Gasteiger partial charge in [0.1, 0.15) is 0 Å². The van der Waals surface area contributed by atoms with E-state index in [1.807, 2.05) is 0 Å². The number of fused-ring (bicyclic) bond motifs is 2. The van der Waals surface area contributed by atoms with Crippen molar-refractivity contribution in [3.8, 4) is 0 Å². The zero-order chi connectivity index (χ0) is 11.2. The van der Waals surface area contributed by atoms with Gasteiger partial charge in [0.15, 0.2) is 0 Å². The van der Waals surface area contributed by atoms with E-state index in [4.69, 9.17) is 0 Å². The van der Waals surface area contributed by atoms with Gasteiger partial charge in [0.25, 0.3) is 0 Å². The van der Waals surface area contributed by atoms with Gasteiger partial charge in [0.2, 0.25) is 0 Å². The molecule has 1 heteroatoms. The van der Waals surface area contributed by atoms with E-state index < -0.39 is 0 Å². The van der Waals surface area contributed by atoms with Crippen molar-refractivity contribution < 1.29 is 0 Å². The van der Waals surface area contributed by atoms with Gasteiger partial charge in [-0.2, -0.15) is 0 Å². The summed E-state index contributed by atoms with van der Waals surface area (Å²) in [4.78, 5) is 0. The second-order valence-corrected chi connectivity index (χ2v) is 5.63. The van der Waals surface area contributed by atoms with Crippen molar-refractivity contribution >= 4 is 5.69 Å². The molecule has 1 unspecified atom stereocenters. The van der Waals surface area contributed by atoms with Crippen LogP contribution in [0.2, 0.25) is 0 Å². The van der Waals surface area contributed by atoms with Crippen LogP contribution in [-0.2, 0) is 5.41 Å². The van der Waals surface area contributed by atoms with Gasteiger partial charge in [-0.15, -0.1) is 0 Å². The quantitative estimate of drug-likeness (QED) is 0.689. The summed E-state index contributed by atoms with van der Waals surface area (Å²) in [5.74, 6) is 0. The minimum atomic E-state index is 0.444. The maximum atomic E-state index is 3.69. The van der Waals surface area contributed by atoms with Crippen LogP contribution >= 0.6 is 0 Å². The van der Waals surface area contributed by atoms with Gasteiger partial charge in [-0.1, -0.05) is 37.0 Å². The molecule has 2 aliphatic rings. The van der Waals surface area contributed by atoms with Crippen LogP contribution in [0.3, 0.4) is 0 Å². The van der Waals surface area contributed by atoms with Crippen molar-refractivity contribution in [1.29, 1.82) is 0 Å². The van der Waals surface area contributed by atoms with Gasteiger partial charge in [0.05, 0.1) is 0 Å². The Morgan fingerprint density at radius 1 is 1.19 bits per heavy atom. The summed E-state index contributed by atoms with van der Waals surface area (Å²) in [6, 6.07) is 7.52. The van der Waals surface area contributed by atoms with E-state index in [1.54, 1.807) is 5.56 Å². The molecular formula is C15H21N. The highest BCUT2D eigenvalue weighted by Crippen LogP contribution is 2.50. The van der Waals surface area contributed by atoms with E-state index in [0.29, 0.717) is 11.5 Å². The van der Waals surface area contributed by atoms with Crippen LogP contribution in [0.4, 0.5) is 5.69 Å².